The second-order valence-corrected chi connectivity index (χ2v) is 7.87. The number of nitrogens with one attached hydrogen (secondary N) is 2. The summed E-state index contributed by atoms with van der Waals surface area (Å²) in [6.07, 6.45) is 1.81. The van der Waals surface area contributed by atoms with Crippen molar-refractivity contribution in [2.75, 3.05) is 6.54 Å². The molecule has 0 aromatic heterocycles. The molecule has 0 heterocycles. The number of ether oxygens (including phenoxy) is 1. The Bertz CT molecular complexity index is 556. The lowest BCUT2D eigenvalue weighted by Crippen LogP contribution is -2.45. The van der Waals surface area contributed by atoms with Gasteiger partial charge in [-0.05, 0) is 51.7 Å². The van der Waals surface area contributed by atoms with Crippen molar-refractivity contribution in [1.82, 2.24) is 10.6 Å². The largest absolute Gasteiger partial charge is 0.444 e. The molecule has 1 saturated carbocycles. The standard InChI is InChI=1S/C17H24BrFN2O2/c1-17(2,3)23-16(22)21-15(11-4-5-11)10-20-9-12-6-7-13(18)8-14(12)19/h6-8,11,15,20H,4-5,9-10H2,1-3H3,(H,21,22). The quantitative estimate of drug-likeness (QED) is 0.777. The third-order valence-electron chi connectivity index (χ3n) is 3.59. The van der Waals surface area contributed by atoms with E-state index in [1.54, 1.807) is 6.07 Å². The molecule has 2 N–H and O–H groups in total. The Labute approximate surface area is 145 Å². The van der Waals surface area contributed by atoms with Crippen molar-refractivity contribution in [3.8, 4) is 0 Å². The zero-order chi connectivity index (χ0) is 17.0. The Balaban J connectivity index is 1.82. The summed E-state index contributed by atoms with van der Waals surface area (Å²) in [7, 11) is 0. The molecule has 0 saturated heterocycles. The van der Waals surface area contributed by atoms with Gasteiger partial charge in [0.2, 0.25) is 0 Å². The van der Waals surface area contributed by atoms with E-state index in [0.717, 1.165) is 17.3 Å². The summed E-state index contributed by atoms with van der Waals surface area (Å²) in [5.41, 5.74) is 0.103. The molecular formula is C17H24BrFN2O2. The van der Waals surface area contributed by atoms with E-state index >= 15 is 0 Å². The molecule has 0 spiro atoms. The molecule has 0 aliphatic heterocycles. The monoisotopic (exact) mass is 386 g/mol. The van der Waals surface area contributed by atoms with Crippen LogP contribution >= 0.6 is 15.9 Å². The molecule has 1 amide bonds. The zero-order valence-electron chi connectivity index (χ0n) is 13.8. The molecule has 0 bridgehead atoms. The van der Waals surface area contributed by atoms with Crippen LogP contribution in [0.15, 0.2) is 22.7 Å². The van der Waals surface area contributed by atoms with Crippen molar-refractivity contribution in [2.45, 2.75) is 51.8 Å². The highest BCUT2D eigenvalue weighted by molar-refractivity contribution is 9.10. The van der Waals surface area contributed by atoms with E-state index in [-0.39, 0.29) is 11.9 Å². The summed E-state index contributed by atoms with van der Waals surface area (Å²) in [6, 6.07) is 5.04. The predicted octanol–water partition coefficient (Wildman–Crippen LogP) is 3.98. The lowest BCUT2D eigenvalue weighted by atomic mass is 10.1. The van der Waals surface area contributed by atoms with Crippen molar-refractivity contribution < 1.29 is 13.9 Å². The third-order valence-corrected chi connectivity index (χ3v) is 4.08. The van der Waals surface area contributed by atoms with Gasteiger partial charge in [-0.3, -0.25) is 0 Å². The smallest absolute Gasteiger partial charge is 0.407 e. The van der Waals surface area contributed by atoms with Crippen molar-refractivity contribution in [2.24, 2.45) is 5.92 Å². The zero-order valence-corrected chi connectivity index (χ0v) is 15.4. The number of alkyl carbamates (subject to hydrolysis) is 1. The summed E-state index contributed by atoms with van der Waals surface area (Å²) < 4.78 is 19.8. The molecule has 6 heteroatoms. The third kappa shape index (κ3) is 6.47. The van der Waals surface area contributed by atoms with Crippen LogP contribution in [0.5, 0.6) is 0 Å². The number of carbonyl (C=O) groups is 1. The maximum absolute atomic E-state index is 13.8. The second-order valence-electron chi connectivity index (χ2n) is 6.96. The first-order chi connectivity index (χ1) is 10.7. The van der Waals surface area contributed by atoms with Gasteiger partial charge in [-0.25, -0.2) is 9.18 Å². The first-order valence-electron chi connectivity index (χ1n) is 7.89. The predicted molar refractivity (Wildman–Crippen MR) is 91.7 cm³/mol. The molecule has 2 rings (SSSR count). The van der Waals surface area contributed by atoms with Crippen LogP contribution < -0.4 is 10.6 Å². The molecule has 4 nitrogen and oxygen atoms in total. The second kappa shape index (κ2) is 7.62. The summed E-state index contributed by atoms with van der Waals surface area (Å²) in [5, 5.41) is 6.15. The van der Waals surface area contributed by atoms with Crippen LogP contribution in [0.3, 0.4) is 0 Å². The normalized spacial score (nSPS) is 16.0. The fourth-order valence-electron chi connectivity index (χ4n) is 2.32. The molecule has 1 aromatic rings. The first-order valence-corrected chi connectivity index (χ1v) is 8.68. The van der Waals surface area contributed by atoms with Crippen molar-refractivity contribution in [1.29, 1.82) is 0 Å². The van der Waals surface area contributed by atoms with Crippen molar-refractivity contribution >= 4 is 22.0 Å². The van der Waals surface area contributed by atoms with Gasteiger partial charge in [0.05, 0.1) is 0 Å². The van der Waals surface area contributed by atoms with Crippen LogP contribution in [-0.4, -0.2) is 24.3 Å². The SMILES string of the molecule is CC(C)(C)OC(=O)NC(CNCc1ccc(Br)cc1F)C1CC1. The Morgan fingerprint density at radius 2 is 2.13 bits per heavy atom. The van der Waals surface area contributed by atoms with Crippen LogP contribution in [0.4, 0.5) is 9.18 Å². The van der Waals surface area contributed by atoms with E-state index < -0.39 is 11.7 Å². The fraction of sp³-hybridized carbons (Fsp3) is 0.588. The Hall–Kier alpha value is -1.14. The molecule has 1 atom stereocenters. The van der Waals surface area contributed by atoms with Crippen molar-refractivity contribution in [3.05, 3.63) is 34.1 Å². The van der Waals surface area contributed by atoms with Gasteiger partial charge in [0.25, 0.3) is 0 Å². The highest BCUT2D eigenvalue weighted by atomic mass is 79.9. The van der Waals surface area contributed by atoms with Gasteiger partial charge in [-0.1, -0.05) is 22.0 Å². The number of benzene rings is 1. The summed E-state index contributed by atoms with van der Waals surface area (Å²) >= 11 is 3.24. The van der Waals surface area contributed by atoms with E-state index in [4.69, 9.17) is 4.74 Å². The minimum atomic E-state index is -0.508. The molecule has 23 heavy (non-hydrogen) atoms. The topological polar surface area (TPSA) is 50.4 Å². The summed E-state index contributed by atoms with van der Waals surface area (Å²) in [5.74, 6) is 0.236. The van der Waals surface area contributed by atoms with E-state index in [9.17, 15) is 9.18 Å². The summed E-state index contributed by atoms with van der Waals surface area (Å²) in [4.78, 5) is 11.9. The fourth-order valence-corrected chi connectivity index (χ4v) is 2.65. The minimum Gasteiger partial charge on any atom is -0.444 e. The van der Waals surface area contributed by atoms with Crippen LogP contribution in [0.2, 0.25) is 0 Å². The van der Waals surface area contributed by atoms with Gasteiger partial charge in [-0.2, -0.15) is 0 Å². The number of hydrogen-bond donors (Lipinski definition) is 2. The highest BCUT2D eigenvalue weighted by Gasteiger charge is 2.33. The van der Waals surface area contributed by atoms with Crippen LogP contribution in [-0.2, 0) is 11.3 Å². The number of amides is 1. The van der Waals surface area contributed by atoms with Gasteiger partial charge in [0.15, 0.2) is 0 Å². The number of hydrogen-bond acceptors (Lipinski definition) is 3. The molecule has 1 unspecified atom stereocenters. The molecule has 0 radical (unpaired) electrons. The Morgan fingerprint density at radius 3 is 2.70 bits per heavy atom. The van der Waals surface area contributed by atoms with E-state index in [0.29, 0.717) is 24.6 Å². The molecule has 1 aliphatic carbocycles. The average Bonchev–Trinajstić information content (AvgIpc) is 3.22. The Morgan fingerprint density at radius 1 is 1.43 bits per heavy atom. The maximum atomic E-state index is 13.8. The van der Waals surface area contributed by atoms with Crippen LogP contribution in [0.1, 0.15) is 39.2 Å². The summed E-state index contributed by atoms with van der Waals surface area (Å²) in [6.45, 7) is 6.55. The molecule has 1 aliphatic rings. The highest BCUT2D eigenvalue weighted by Crippen LogP contribution is 2.32. The molecule has 1 aromatic carbocycles. The number of carbonyl (C=O) groups excluding carboxylic acids is 1. The van der Waals surface area contributed by atoms with Gasteiger partial charge in [0.1, 0.15) is 11.4 Å². The Kier molecular flexibility index (Phi) is 6.03. The lowest BCUT2D eigenvalue weighted by Gasteiger charge is -2.24. The number of rotatable bonds is 6. The van der Waals surface area contributed by atoms with Gasteiger partial charge in [-0.15, -0.1) is 0 Å². The van der Waals surface area contributed by atoms with E-state index in [1.165, 1.54) is 6.07 Å². The van der Waals surface area contributed by atoms with E-state index in [2.05, 4.69) is 26.6 Å². The van der Waals surface area contributed by atoms with Gasteiger partial charge in [0, 0.05) is 29.2 Å². The van der Waals surface area contributed by atoms with Crippen LogP contribution in [0, 0.1) is 11.7 Å². The molecule has 1 fully saturated rings. The lowest BCUT2D eigenvalue weighted by molar-refractivity contribution is 0.0497. The molecule has 128 valence electrons. The van der Waals surface area contributed by atoms with Gasteiger partial charge >= 0.3 is 6.09 Å². The number of halogens is 2. The molecular weight excluding hydrogens is 363 g/mol. The van der Waals surface area contributed by atoms with Crippen molar-refractivity contribution in [3.63, 3.8) is 0 Å². The average molecular weight is 387 g/mol. The van der Waals surface area contributed by atoms with E-state index in [1.807, 2.05) is 26.8 Å². The van der Waals surface area contributed by atoms with Crippen LogP contribution in [0.25, 0.3) is 0 Å². The van der Waals surface area contributed by atoms with Gasteiger partial charge < -0.3 is 15.4 Å². The maximum Gasteiger partial charge on any atom is 0.407 e. The first kappa shape index (κ1) is 18.2. The minimum absolute atomic E-state index is 0.0170.